The van der Waals surface area contributed by atoms with E-state index in [2.05, 4.69) is 45.3 Å². The first-order valence-electron chi connectivity index (χ1n) is 14.7. The number of para-hydroxylation sites is 1. The number of alkyl carbamates (subject to hydrolysis) is 1. The van der Waals surface area contributed by atoms with Gasteiger partial charge in [-0.3, -0.25) is 4.79 Å². The zero-order chi connectivity index (χ0) is 27.3. The summed E-state index contributed by atoms with van der Waals surface area (Å²) < 4.78 is 7.41. The maximum Gasteiger partial charge on any atom is 0.408 e. The van der Waals surface area contributed by atoms with Gasteiger partial charge < -0.3 is 20.4 Å². The lowest BCUT2D eigenvalue weighted by Crippen LogP contribution is -2.60. The lowest BCUT2D eigenvalue weighted by atomic mass is 9.55. The van der Waals surface area contributed by atoms with Gasteiger partial charge in [-0.15, -0.1) is 11.3 Å². The highest BCUT2D eigenvalue weighted by molar-refractivity contribution is 7.17. The number of ether oxygens (including phenoxy) is 1. The number of rotatable bonds is 8. The van der Waals surface area contributed by atoms with E-state index in [1.807, 2.05) is 37.4 Å². The number of hydrogen-bond donors (Lipinski definition) is 3. The van der Waals surface area contributed by atoms with Crippen molar-refractivity contribution in [1.29, 1.82) is 0 Å². The van der Waals surface area contributed by atoms with Crippen LogP contribution in [0.1, 0.15) is 50.2 Å². The molecule has 7 heteroatoms. The topological polar surface area (TPSA) is 83.2 Å². The van der Waals surface area contributed by atoms with Crippen LogP contribution in [0, 0.1) is 23.7 Å². The van der Waals surface area contributed by atoms with Crippen molar-refractivity contribution in [2.45, 2.75) is 63.5 Å². The van der Waals surface area contributed by atoms with Gasteiger partial charge in [-0.25, -0.2) is 4.79 Å². The Morgan fingerprint density at radius 3 is 2.42 bits per heavy atom. The molecule has 4 saturated carbocycles. The number of fused-ring (bicyclic) bond motifs is 2. The van der Waals surface area contributed by atoms with E-state index in [0.717, 1.165) is 34.7 Å². The van der Waals surface area contributed by atoms with Crippen molar-refractivity contribution in [3.63, 3.8) is 0 Å². The first kappa shape index (κ1) is 25.6. The highest BCUT2D eigenvalue weighted by Gasteiger charge is 2.50. The molecule has 0 radical (unpaired) electrons. The number of benzene rings is 2. The van der Waals surface area contributed by atoms with E-state index in [1.54, 1.807) is 11.3 Å². The number of H-pyrrole nitrogens is 1. The molecule has 2 heterocycles. The van der Waals surface area contributed by atoms with Crippen LogP contribution in [0.2, 0.25) is 0 Å². The molecule has 4 aromatic rings. The van der Waals surface area contributed by atoms with Gasteiger partial charge in [0.25, 0.3) is 0 Å². The number of aromatic nitrogens is 1. The number of amides is 2. The van der Waals surface area contributed by atoms with Crippen LogP contribution in [0.4, 0.5) is 4.79 Å². The molecule has 8 rings (SSSR count). The largest absolute Gasteiger partial charge is 0.446 e. The molecule has 6 nitrogen and oxygen atoms in total. The first-order chi connectivity index (χ1) is 19.4. The van der Waals surface area contributed by atoms with E-state index < -0.39 is 11.6 Å². The molecule has 1 unspecified atom stereocenters. The summed E-state index contributed by atoms with van der Waals surface area (Å²) in [5.41, 5.74) is 2.08. The van der Waals surface area contributed by atoms with Crippen molar-refractivity contribution in [3.8, 4) is 0 Å². The van der Waals surface area contributed by atoms with Crippen LogP contribution >= 0.6 is 11.3 Å². The van der Waals surface area contributed by atoms with Gasteiger partial charge in [0.15, 0.2) is 0 Å². The van der Waals surface area contributed by atoms with Crippen LogP contribution in [-0.4, -0.2) is 35.2 Å². The quantitative estimate of drug-likeness (QED) is 0.229. The molecule has 208 valence electrons. The van der Waals surface area contributed by atoms with Crippen LogP contribution < -0.4 is 10.6 Å². The predicted molar refractivity (Wildman–Crippen MR) is 159 cm³/mol. The van der Waals surface area contributed by atoms with E-state index in [-0.39, 0.29) is 12.0 Å². The Balaban J connectivity index is 1.07. The summed E-state index contributed by atoms with van der Waals surface area (Å²) in [7, 11) is 0. The standard InChI is InChI=1S/C33H37N3O3S/c1-33(17-25-18-35-28-8-4-2-6-26(25)28,31(37)34-11-10-22-19-40-29-9-5-3-7-27(22)29)36-32(38)39-30-23-13-20-12-21(15-23)16-24(30)14-20/h2-9,18-21,23-24,30,35H,10-17H2,1H3,(H,34,37)(H,36,38). The molecular weight excluding hydrogens is 518 g/mol. The maximum absolute atomic E-state index is 13.8. The van der Waals surface area contributed by atoms with E-state index in [1.165, 1.54) is 47.8 Å². The number of carbonyl (C=O) groups excluding carboxylic acids is 2. The van der Waals surface area contributed by atoms with E-state index in [0.29, 0.717) is 24.8 Å². The molecule has 0 spiro atoms. The molecular formula is C33H37N3O3S. The van der Waals surface area contributed by atoms with Crippen molar-refractivity contribution in [2.24, 2.45) is 23.7 Å². The van der Waals surface area contributed by atoms with Gasteiger partial charge in [0.05, 0.1) is 0 Å². The highest BCUT2D eigenvalue weighted by atomic mass is 32.1. The molecule has 4 fully saturated rings. The molecule has 0 saturated heterocycles. The summed E-state index contributed by atoms with van der Waals surface area (Å²) in [4.78, 5) is 30.5. The minimum absolute atomic E-state index is 0.0277. The third kappa shape index (κ3) is 4.78. The Kier molecular flexibility index (Phi) is 6.57. The second-order valence-corrected chi connectivity index (χ2v) is 13.5. The van der Waals surface area contributed by atoms with Crippen molar-refractivity contribution in [3.05, 3.63) is 71.2 Å². The summed E-state index contributed by atoms with van der Waals surface area (Å²) in [5, 5.41) is 10.6. The van der Waals surface area contributed by atoms with Crippen LogP contribution in [0.5, 0.6) is 0 Å². The average molecular weight is 556 g/mol. The lowest BCUT2D eigenvalue weighted by Gasteiger charge is -2.53. The number of thiophene rings is 1. The van der Waals surface area contributed by atoms with E-state index >= 15 is 0 Å². The summed E-state index contributed by atoms with van der Waals surface area (Å²) in [6, 6.07) is 16.4. The number of aromatic amines is 1. The minimum Gasteiger partial charge on any atom is -0.446 e. The summed E-state index contributed by atoms with van der Waals surface area (Å²) in [6.07, 6.45) is 8.60. The molecule has 1 atom stereocenters. The van der Waals surface area contributed by atoms with E-state index in [9.17, 15) is 9.59 Å². The summed E-state index contributed by atoms with van der Waals surface area (Å²) >= 11 is 1.73. The van der Waals surface area contributed by atoms with E-state index in [4.69, 9.17) is 4.74 Å². The van der Waals surface area contributed by atoms with Gasteiger partial charge >= 0.3 is 6.09 Å². The smallest absolute Gasteiger partial charge is 0.408 e. The molecule has 4 aliphatic rings. The second-order valence-electron chi connectivity index (χ2n) is 12.6. The predicted octanol–water partition coefficient (Wildman–Crippen LogP) is 6.59. The van der Waals surface area contributed by atoms with Gasteiger partial charge in [0.2, 0.25) is 5.91 Å². The van der Waals surface area contributed by atoms with Gasteiger partial charge in [0, 0.05) is 34.8 Å². The van der Waals surface area contributed by atoms with Crippen LogP contribution in [0.3, 0.4) is 0 Å². The molecule has 4 aliphatic carbocycles. The Morgan fingerprint density at radius 2 is 1.65 bits per heavy atom. The van der Waals surface area contributed by atoms with Crippen molar-refractivity contribution >= 4 is 44.3 Å². The van der Waals surface area contributed by atoms with Gasteiger partial charge in [-0.05, 0) is 103 Å². The normalized spacial score (nSPS) is 26.6. The van der Waals surface area contributed by atoms with Crippen molar-refractivity contribution in [2.75, 3.05) is 6.54 Å². The molecule has 2 amide bonds. The summed E-state index contributed by atoms with van der Waals surface area (Å²) in [5.74, 6) is 2.36. The fraction of sp³-hybridized carbons (Fsp3) is 0.455. The van der Waals surface area contributed by atoms with Gasteiger partial charge in [-0.2, -0.15) is 0 Å². The maximum atomic E-state index is 13.8. The van der Waals surface area contributed by atoms with Crippen molar-refractivity contribution < 1.29 is 14.3 Å². The number of nitrogens with one attached hydrogen (secondary N) is 3. The SMILES string of the molecule is CC(Cc1c[nH]c2ccccc12)(NC(=O)OC1C2CC3CC(C2)CC1C3)C(=O)NCCc1csc2ccccc12. The van der Waals surface area contributed by atoms with Crippen LogP contribution in [-0.2, 0) is 22.4 Å². The zero-order valence-corrected chi connectivity index (χ0v) is 23.8. The van der Waals surface area contributed by atoms with Crippen LogP contribution in [0.15, 0.2) is 60.1 Å². The second kappa shape index (κ2) is 10.3. The van der Waals surface area contributed by atoms with Gasteiger partial charge in [0.1, 0.15) is 11.6 Å². The Hall–Kier alpha value is -3.32. The molecule has 2 aromatic heterocycles. The van der Waals surface area contributed by atoms with Crippen LogP contribution in [0.25, 0.3) is 21.0 Å². The van der Waals surface area contributed by atoms with Gasteiger partial charge in [-0.1, -0.05) is 36.4 Å². The Morgan fingerprint density at radius 1 is 0.950 bits per heavy atom. The Bertz CT molecular complexity index is 1530. The van der Waals surface area contributed by atoms with Crippen molar-refractivity contribution in [1.82, 2.24) is 15.6 Å². The Labute approximate surface area is 238 Å². The fourth-order valence-electron chi connectivity index (χ4n) is 8.02. The highest BCUT2D eigenvalue weighted by Crippen LogP contribution is 2.54. The molecule has 0 aliphatic heterocycles. The molecule has 40 heavy (non-hydrogen) atoms. The third-order valence-corrected chi connectivity index (χ3v) is 10.7. The fourth-order valence-corrected chi connectivity index (χ4v) is 9.02. The number of carbonyl (C=O) groups is 2. The monoisotopic (exact) mass is 555 g/mol. The zero-order valence-electron chi connectivity index (χ0n) is 23.0. The molecule has 3 N–H and O–H groups in total. The number of hydrogen-bond acceptors (Lipinski definition) is 4. The lowest BCUT2D eigenvalue weighted by molar-refractivity contribution is -0.127. The average Bonchev–Trinajstić information content (AvgIpc) is 3.54. The minimum atomic E-state index is -1.16. The molecule has 4 bridgehead atoms. The molecule has 2 aromatic carbocycles. The summed E-state index contributed by atoms with van der Waals surface area (Å²) in [6.45, 7) is 2.32. The first-order valence-corrected chi connectivity index (χ1v) is 15.6. The third-order valence-electron chi connectivity index (χ3n) is 9.72.